The zero-order valence-electron chi connectivity index (χ0n) is 16.8. The summed E-state index contributed by atoms with van der Waals surface area (Å²) in [6.45, 7) is 6.08. The van der Waals surface area contributed by atoms with E-state index in [1.165, 1.54) is 5.56 Å². The molecule has 7 nitrogen and oxygen atoms in total. The summed E-state index contributed by atoms with van der Waals surface area (Å²) in [4.78, 5) is 13.5. The van der Waals surface area contributed by atoms with Gasteiger partial charge < -0.3 is 15.4 Å². The van der Waals surface area contributed by atoms with Gasteiger partial charge >= 0.3 is 0 Å². The van der Waals surface area contributed by atoms with Crippen LogP contribution >= 0.6 is 0 Å². The van der Waals surface area contributed by atoms with Crippen molar-refractivity contribution < 1.29 is 4.74 Å². The van der Waals surface area contributed by atoms with Gasteiger partial charge in [-0.3, -0.25) is 4.57 Å². The molecule has 4 rings (SSSR count). The minimum absolute atomic E-state index is 0.121. The van der Waals surface area contributed by atoms with Gasteiger partial charge in [0.05, 0.1) is 13.1 Å². The number of rotatable bonds is 6. The second-order valence-electron chi connectivity index (χ2n) is 7.00. The monoisotopic (exact) mass is 390 g/mol. The lowest BCUT2D eigenvalue weighted by atomic mass is 10.1. The third-order valence-corrected chi connectivity index (χ3v) is 4.86. The highest BCUT2D eigenvalue weighted by atomic mass is 16.5. The van der Waals surface area contributed by atoms with Crippen LogP contribution in [-0.4, -0.2) is 39.7 Å². The molecule has 0 aliphatic carbocycles. The third-order valence-electron chi connectivity index (χ3n) is 4.86. The average molecular weight is 390 g/mol. The van der Waals surface area contributed by atoms with Crippen LogP contribution in [0.25, 0.3) is 5.82 Å². The van der Waals surface area contributed by atoms with Crippen LogP contribution in [0.2, 0.25) is 0 Å². The molecular weight excluding hydrogens is 364 g/mol. The van der Waals surface area contributed by atoms with Crippen molar-refractivity contribution in [3.63, 3.8) is 0 Å². The highest BCUT2D eigenvalue weighted by Gasteiger charge is 2.22. The number of fused-ring (bicyclic) bond motifs is 1. The summed E-state index contributed by atoms with van der Waals surface area (Å²) in [5.74, 6) is 3.54. The number of nitrogens with zero attached hydrogens (tertiary/aromatic N) is 4. The number of hydrogen-bond acceptors (Lipinski definition) is 4. The number of pyridine rings is 1. The van der Waals surface area contributed by atoms with Crippen LogP contribution in [0.15, 0.2) is 60.0 Å². The van der Waals surface area contributed by atoms with Crippen molar-refractivity contribution >= 4 is 5.96 Å². The molecule has 0 bridgehead atoms. The summed E-state index contributed by atoms with van der Waals surface area (Å²) in [6, 6.07) is 12.2. The first-order chi connectivity index (χ1) is 14.2. The SMILES string of the molecule is CCNC(=NCc1ccc(-n2ccnc2C)nc1)NCC1Cc2ccccc2O1. The molecule has 0 saturated carbocycles. The predicted molar refractivity (Wildman–Crippen MR) is 113 cm³/mol. The maximum Gasteiger partial charge on any atom is 0.191 e. The normalized spacial score (nSPS) is 15.7. The maximum atomic E-state index is 5.99. The second-order valence-corrected chi connectivity index (χ2v) is 7.00. The molecule has 1 aromatic carbocycles. The highest BCUT2D eigenvalue weighted by molar-refractivity contribution is 5.79. The molecule has 0 radical (unpaired) electrons. The molecule has 150 valence electrons. The molecule has 2 N–H and O–H groups in total. The molecule has 1 aliphatic rings. The molecule has 0 saturated heterocycles. The Hall–Kier alpha value is -3.35. The Bertz CT molecular complexity index is 954. The first kappa shape index (κ1) is 19.0. The van der Waals surface area contributed by atoms with Gasteiger partial charge in [0.2, 0.25) is 0 Å². The topological polar surface area (TPSA) is 76.4 Å². The summed E-state index contributed by atoms with van der Waals surface area (Å²) in [5.41, 5.74) is 2.31. The summed E-state index contributed by atoms with van der Waals surface area (Å²) in [6.07, 6.45) is 6.58. The molecule has 0 fully saturated rings. The van der Waals surface area contributed by atoms with Crippen LogP contribution in [0.5, 0.6) is 5.75 Å². The summed E-state index contributed by atoms with van der Waals surface area (Å²) in [7, 11) is 0. The van der Waals surface area contributed by atoms with E-state index in [-0.39, 0.29) is 6.10 Å². The van der Waals surface area contributed by atoms with Crippen LogP contribution < -0.4 is 15.4 Å². The van der Waals surface area contributed by atoms with Gasteiger partial charge in [-0.25, -0.2) is 15.0 Å². The third kappa shape index (κ3) is 4.56. The van der Waals surface area contributed by atoms with Gasteiger partial charge in [0.15, 0.2) is 5.96 Å². The Morgan fingerprint density at radius 1 is 1.21 bits per heavy atom. The fourth-order valence-electron chi connectivity index (χ4n) is 3.36. The van der Waals surface area contributed by atoms with Crippen molar-refractivity contribution in [2.75, 3.05) is 13.1 Å². The molecule has 7 heteroatoms. The Morgan fingerprint density at radius 2 is 2.10 bits per heavy atom. The van der Waals surface area contributed by atoms with E-state index in [2.05, 4.69) is 44.7 Å². The van der Waals surface area contributed by atoms with Gasteiger partial charge in [-0.2, -0.15) is 0 Å². The molecule has 3 aromatic rings. The highest BCUT2D eigenvalue weighted by Crippen LogP contribution is 2.27. The molecule has 1 aliphatic heterocycles. The number of ether oxygens (including phenoxy) is 1. The molecular formula is C22H26N6O. The number of hydrogen-bond donors (Lipinski definition) is 2. The molecule has 0 amide bonds. The quantitative estimate of drug-likeness (QED) is 0.500. The van der Waals surface area contributed by atoms with Gasteiger partial charge in [0.1, 0.15) is 23.5 Å². The van der Waals surface area contributed by atoms with Crippen molar-refractivity contribution in [2.24, 2.45) is 4.99 Å². The van der Waals surface area contributed by atoms with E-state index in [1.807, 2.05) is 48.1 Å². The number of benzene rings is 1. The number of imidazole rings is 1. The van der Waals surface area contributed by atoms with Crippen LogP contribution in [0.1, 0.15) is 23.9 Å². The van der Waals surface area contributed by atoms with E-state index >= 15 is 0 Å². The predicted octanol–water partition coefficient (Wildman–Crippen LogP) is 2.63. The minimum atomic E-state index is 0.121. The Balaban J connectivity index is 1.34. The van der Waals surface area contributed by atoms with Gasteiger partial charge in [-0.15, -0.1) is 0 Å². The van der Waals surface area contributed by atoms with Crippen molar-refractivity contribution in [1.29, 1.82) is 0 Å². The summed E-state index contributed by atoms with van der Waals surface area (Å²) < 4.78 is 7.95. The van der Waals surface area contributed by atoms with Gasteiger partial charge in [-0.05, 0) is 37.1 Å². The largest absolute Gasteiger partial charge is 0.488 e. The smallest absolute Gasteiger partial charge is 0.191 e. The van der Waals surface area contributed by atoms with Crippen LogP contribution in [-0.2, 0) is 13.0 Å². The Kier molecular flexibility index (Phi) is 5.74. The first-order valence-corrected chi connectivity index (χ1v) is 9.95. The molecule has 1 unspecified atom stereocenters. The minimum Gasteiger partial charge on any atom is -0.488 e. The van der Waals surface area contributed by atoms with Crippen LogP contribution in [0.4, 0.5) is 0 Å². The molecule has 2 aromatic heterocycles. The number of aromatic nitrogens is 3. The fourth-order valence-corrected chi connectivity index (χ4v) is 3.36. The zero-order chi connectivity index (χ0) is 20.1. The second kappa shape index (κ2) is 8.77. The van der Waals surface area contributed by atoms with E-state index < -0.39 is 0 Å². The average Bonchev–Trinajstić information content (AvgIpc) is 3.36. The van der Waals surface area contributed by atoms with Crippen molar-refractivity contribution in [3.05, 3.63) is 71.9 Å². The van der Waals surface area contributed by atoms with Crippen molar-refractivity contribution in [2.45, 2.75) is 32.9 Å². The van der Waals surface area contributed by atoms with Gasteiger partial charge in [0, 0.05) is 31.6 Å². The Morgan fingerprint density at radius 3 is 2.83 bits per heavy atom. The first-order valence-electron chi connectivity index (χ1n) is 9.95. The van der Waals surface area contributed by atoms with Crippen LogP contribution in [0.3, 0.4) is 0 Å². The van der Waals surface area contributed by atoms with Gasteiger partial charge in [0.25, 0.3) is 0 Å². The van der Waals surface area contributed by atoms with Crippen molar-refractivity contribution in [1.82, 2.24) is 25.2 Å². The van der Waals surface area contributed by atoms with Crippen molar-refractivity contribution in [3.8, 4) is 11.6 Å². The van der Waals surface area contributed by atoms with E-state index in [4.69, 9.17) is 4.74 Å². The molecule has 0 spiro atoms. The summed E-state index contributed by atoms with van der Waals surface area (Å²) >= 11 is 0. The van der Waals surface area contributed by atoms with E-state index in [9.17, 15) is 0 Å². The lowest BCUT2D eigenvalue weighted by Gasteiger charge is -2.15. The number of nitrogens with one attached hydrogen (secondary N) is 2. The van der Waals surface area contributed by atoms with E-state index in [0.717, 1.165) is 41.9 Å². The van der Waals surface area contributed by atoms with E-state index in [0.29, 0.717) is 13.1 Å². The lowest BCUT2D eigenvalue weighted by Crippen LogP contribution is -2.42. The summed E-state index contributed by atoms with van der Waals surface area (Å²) in [5, 5.41) is 6.68. The van der Waals surface area contributed by atoms with Gasteiger partial charge in [-0.1, -0.05) is 24.3 Å². The molecule has 3 heterocycles. The lowest BCUT2D eigenvalue weighted by molar-refractivity contribution is 0.235. The Labute approximate surface area is 170 Å². The zero-order valence-corrected chi connectivity index (χ0v) is 16.8. The molecule has 1 atom stereocenters. The number of guanidine groups is 1. The number of aryl methyl sites for hydroxylation is 1. The maximum absolute atomic E-state index is 5.99. The molecule has 29 heavy (non-hydrogen) atoms. The standard InChI is InChI=1S/C22H26N6O/c1-3-23-22(27-15-19-12-18-6-4-5-7-20(18)29-19)26-14-17-8-9-21(25-13-17)28-11-10-24-16(28)2/h4-11,13,19H,3,12,14-15H2,1-2H3,(H2,23,26,27). The number of aliphatic imine (C=N–C) groups is 1. The number of para-hydroxylation sites is 1. The fraction of sp³-hybridized carbons (Fsp3) is 0.318. The van der Waals surface area contributed by atoms with E-state index in [1.54, 1.807) is 6.20 Å². The van der Waals surface area contributed by atoms with Crippen LogP contribution in [0, 0.1) is 6.92 Å².